The van der Waals surface area contributed by atoms with Gasteiger partial charge in [-0.25, -0.2) is 12.8 Å². The molecule has 0 heterocycles. The molecule has 2 atom stereocenters. The molecule has 0 aliphatic heterocycles. The fourth-order valence-electron chi connectivity index (χ4n) is 3.05. The van der Waals surface area contributed by atoms with Crippen LogP contribution in [0.15, 0.2) is 42.5 Å². The molecule has 2 rings (SSSR count). The van der Waals surface area contributed by atoms with Gasteiger partial charge in [-0.05, 0) is 51.0 Å². The fraction of sp³-hybridized carbons (Fsp3) is 0.350. The number of nitrogens with one attached hydrogen (secondary N) is 1. The number of benzene rings is 2. The Morgan fingerprint density at radius 3 is 2.33 bits per heavy atom. The summed E-state index contributed by atoms with van der Waals surface area (Å²) in [6, 6.07) is 10.0. The van der Waals surface area contributed by atoms with Crippen molar-refractivity contribution < 1.29 is 17.6 Å². The van der Waals surface area contributed by atoms with Crippen molar-refractivity contribution in [2.75, 3.05) is 10.6 Å². The van der Waals surface area contributed by atoms with Crippen LogP contribution in [0.3, 0.4) is 0 Å². The summed E-state index contributed by atoms with van der Waals surface area (Å²) in [4.78, 5) is 12.8. The average molecular weight is 392 g/mol. The van der Waals surface area contributed by atoms with Crippen molar-refractivity contribution in [1.29, 1.82) is 0 Å². The van der Waals surface area contributed by atoms with E-state index in [0.717, 1.165) is 33.3 Å². The van der Waals surface area contributed by atoms with Crippen molar-refractivity contribution in [2.24, 2.45) is 0 Å². The van der Waals surface area contributed by atoms with Gasteiger partial charge in [-0.2, -0.15) is 0 Å². The number of rotatable bonds is 6. The maximum absolute atomic E-state index is 14.2. The van der Waals surface area contributed by atoms with Crippen molar-refractivity contribution in [3.63, 3.8) is 0 Å². The number of sulfonamides is 1. The van der Waals surface area contributed by atoms with Gasteiger partial charge >= 0.3 is 0 Å². The van der Waals surface area contributed by atoms with Gasteiger partial charge in [-0.3, -0.25) is 9.10 Å². The molecule has 0 radical (unpaired) electrons. The molecule has 5 nitrogen and oxygen atoms in total. The number of nitrogens with zero attached hydrogens (tertiary/aromatic N) is 1. The highest BCUT2D eigenvalue weighted by atomic mass is 32.2. The zero-order valence-electron chi connectivity index (χ0n) is 16.2. The zero-order chi connectivity index (χ0) is 20.4. The Hall–Kier alpha value is -2.41. The Labute approximate surface area is 160 Å². The maximum atomic E-state index is 14.2. The summed E-state index contributed by atoms with van der Waals surface area (Å²) in [5, 5.41) is 2.84. The Bertz CT molecular complexity index is 944. The molecule has 7 heteroatoms. The first kappa shape index (κ1) is 20.9. The molecule has 146 valence electrons. The second-order valence-electron chi connectivity index (χ2n) is 6.78. The molecule has 0 fully saturated rings. The number of carbonyl (C=O) groups is 1. The lowest BCUT2D eigenvalue weighted by molar-refractivity contribution is -0.122. The summed E-state index contributed by atoms with van der Waals surface area (Å²) in [5.41, 5.74) is 2.89. The second-order valence-corrected chi connectivity index (χ2v) is 8.64. The predicted octanol–water partition coefficient (Wildman–Crippen LogP) is 3.47. The molecule has 0 unspecified atom stereocenters. The van der Waals surface area contributed by atoms with E-state index in [9.17, 15) is 17.6 Å². The first-order valence-corrected chi connectivity index (χ1v) is 10.5. The average Bonchev–Trinajstić information content (AvgIpc) is 2.57. The summed E-state index contributed by atoms with van der Waals surface area (Å²) in [6.07, 6.45) is 0.956. The molecule has 0 aromatic heterocycles. The third kappa shape index (κ3) is 4.86. The van der Waals surface area contributed by atoms with Gasteiger partial charge in [0.05, 0.1) is 18.0 Å². The number of para-hydroxylation sites is 1. The third-order valence-electron chi connectivity index (χ3n) is 4.44. The molecule has 0 aliphatic rings. The normalized spacial score (nSPS) is 13.7. The van der Waals surface area contributed by atoms with Crippen LogP contribution in [0.4, 0.5) is 10.1 Å². The largest absolute Gasteiger partial charge is 0.348 e. The van der Waals surface area contributed by atoms with Gasteiger partial charge in [0.15, 0.2) is 0 Å². The van der Waals surface area contributed by atoms with E-state index in [1.165, 1.54) is 25.1 Å². The zero-order valence-corrected chi connectivity index (χ0v) is 17.0. The minimum absolute atomic E-state index is 0.151. The molecule has 0 saturated heterocycles. The number of carbonyl (C=O) groups excluding carboxylic acids is 1. The molecule has 0 aliphatic carbocycles. The van der Waals surface area contributed by atoms with Gasteiger partial charge in [-0.15, -0.1) is 0 Å². The minimum Gasteiger partial charge on any atom is -0.348 e. The summed E-state index contributed by atoms with van der Waals surface area (Å²) in [7, 11) is -3.87. The third-order valence-corrected chi connectivity index (χ3v) is 5.67. The van der Waals surface area contributed by atoms with Crippen LogP contribution in [-0.4, -0.2) is 26.6 Å². The van der Waals surface area contributed by atoms with Gasteiger partial charge in [0.2, 0.25) is 15.9 Å². The second kappa shape index (κ2) is 8.08. The number of halogens is 1. The Morgan fingerprint density at radius 1 is 1.11 bits per heavy atom. The summed E-state index contributed by atoms with van der Waals surface area (Å²) >= 11 is 0. The summed E-state index contributed by atoms with van der Waals surface area (Å²) in [6.45, 7) is 7.19. The predicted molar refractivity (Wildman–Crippen MR) is 106 cm³/mol. The number of hydrogen-bond donors (Lipinski definition) is 1. The SMILES string of the molecule is Cc1ccc(C)c([C@@H](C)NC(=O)[C@@H](C)N(c2ccccc2F)S(C)(=O)=O)c1. The first-order chi connectivity index (χ1) is 12.5. The van der Waals surface area contributed by atoms with Crippen molar-refractivity contribution in [3.8, 4) is 0 Å². The molecule has 0 bridgehead atoms. The molecular formula is C20H25FN2O3S. The lowest BCUT2D eigenvalue weighted by atomic mass is 10.00. The van der Waals surface area contributed by atoms with E-state index in [-0.39, 0.29) is 11.7 Å². The van der Waals surface area contributed by atoms with E-state index < -0.39 is 27.8 Å². The molecular weight excluding hydrogens is 367 g/mol. The van der Waals surface area contributed by atoms with Crippen LogP contribution in [0.5, 0.6) is 0 Å². The fourth-order valence-corrected chi connectivity index (χ4v) is 4.23. The summed E-state index contributed by atoms with van der Waals surface area (Å²) in [5.74, 6) is -1.21. The molecule has 1 amide bonds. The summed E-state index contributed by atoms with van der Waals surface area (Å²) < 4.78 is 39.5. The van der Waals surface area contributed by atoms with Crippen molar-refractivity contribution in [2.45, 2.75) is 39.8 Å². The molecule has 2 aromatic rings. The Morgan fingerprint density at radius 2 is 1.74 bits per heavy atom. The monoisotopic (exact) mass is 392 g/mol. The molecule has 27 heavy (non-hydrogen) atoms. The van der Waals surface area contributed by atoms with E-state index in [4.69, 9.17) is 0 Å². The molecule has 1 N–H and O–H groups in total. The Kier molecular flexibility index (Phi) is 6.26. The number of amides is 1. The van der Waals surface area contributed by atoms with Crippen LogP contribution >= 0.6 is 0 Å². The quantitative estimate of drug-likeness (QED) is 0.819. The van der Waals surface area contributed by atoms with E-state index in [2.05, 4.69) is 5.32 Å². The standard InChI is InChI=1S/C20H25FN2O3S/c1-13-10-11-14(2)17(12-13)15(3)22-20(24)16(4)23(27(5,25)26)19-9-7-6-8-18(19)21/h6-12,15-16H,1-5H3,(H,22,24)/t15-,16-/m1/s1. The lowest BCUT2D eigenvalue weighted by Gasteiger charge is -2.29. The molecule has 0 saturated carbocycles. The van der Waals surface area contributed by atoms with Gasteiger partial charge in [0.25, 0.3) is 0 Å². The topological polar surface area (TPSA) is 66.5 Å². The Balaban J connectivity index is 2.30. The van der Waals surface area contributed by atoms with Crippen LogP contribution in [0.1, 0.15) is 36.6 Å². The molecule has 2 aromatic carbocycles. The lowest BCUT2D eigenvalue weighted by Crippen LogP contribution is -2.48. The maximum Gasteiger partial charge on any atom is 0.244 e. The highest BCUT2D eigenvalue weighted by Gasteiger charge is 2.31. The number of hydrogen-bond acceptors (Lipinski definition) is 3. The smallest absolute Gasteiger partial charge is 0.244 e. The van der Waals surface area contributed by atoms with E-state index in [1.807, 2.05) is 39.0 Å². The van der Waals surface area contributed by atoms with Crippen LogP contribution in [0.2, 0.25) is 0 Å². The van der Waals surface area contributed by atoms with Crippen molar-refractivity contribution in [1.82, 2.24) is 5.32 Å². The van der Waals surface area contributed by atoms with Crippen molar-refractivity contribution >= 4 is 21.6 Å². The van der Waals surface area contributed by atoms with Gasteiger partial charge in [0, 0.05) is 0 Å². The first-order valence-electron chi connectivity index (χ1n) is 8.64. The molecule has 0 spiro atoms. The van der Waals surface area contributed by atoms with Gasteiger partial charge < -0.3 is 5.32 Å². The van der Waals surface area contributed by atoms with Crippen LogP contribution in [0, 0.1) is 19.7 Å². The van der Waals surface area contributed by atoms with Crippen molar-refractivity contribution in [3.05, 3.63) is 65.0 Å². The van der Waals surface area contributed by atoms with E-state index in [0.29, 0.717) is 0 Å². The van der Waals surface area contributed by atoms with Gasteiger partial charge in [-0.1, -0.05) is 35.9 Å². The van der Waals surface area contributed by atoms with Crippen LogP contribution in [0.25, 0.3) is 0 Å². The van der Waals surface area contributed by atoms with E-state index >= 15 is 0 Å². The van der Waals surface area contributed by atoms with Crippen LogP contribution < -0.4 is 9.62 Å². The number of anilines is 1. The highest BCUT2D eigenvalue weighted by Crippen LogP contribution is 2.25. The highest BCUT2D eigenvalue weighted by molar-refractivity contribution is 7.92. The van der Waals surface area contributed by atoms with E-state index in [1.54, 1.807) is 0 Å². The van der Waals surface area contributed by atoms with Gasteiger partial charge in [0.1, 0.15) is 11.9 Å². The van der Waals surface area contributed by atoms with Crippen LogP contribution in [-0.2, 0) is 14.8 Å². The number of aryl methyl sites for hydroxylation is 2. The minimum atomic E-state index is -3.87.